The number of piperazine rings is 1. The van der Waals surface area contributed by atoms with Crippen LogP contribution in [-0.2, 0) is 6.54 Å². The van der Waals surface area contributed by atoms with E-state index in [1.165, 1.54) is 8.66 Å². The van der Waals surface area contributed by atoms with Gasteiger partial charge in [-0.05, 0) is 41.9 Å². The number of thiophene rings is 1. The molecule has 0 unspecified atom stereocenters. The van der Waals surface area contributed by atoms with Crippen LogP contribution in [0.4, 0.5) is 0 Å². The lowest BCUT2D eigenvalue weighted by Crippen LogP contribution is -2.53. The normalized spacial score (nSPS) is 18.8. The SMILES string of the molecule is CC(C)(C#N)N1CCN(Cc2ccc(Br)s2)CC1. The van der Waals surface area contributed by atoms with Gasteiger partial charge < -0.3 is 0 Å². The third-order valence-electron chi connectivity index (χ3n) is 3.44. The second-order valence-corrected chi connectivity index (χ2v) is 7.69. The Bertz CT molecular complexity index is 441. The summed E-state index contributed by atoms with van der Waals surface area (Å²) in [4.78, 5) is 6.13. The third-order valence-corrected chi connectivity index (χ3v) is 5.05. The summed E-state index contributed by atoms with van der Waals surface area (Å²) in [5.74, 6) is 0. The van der Waals surface area contributed by atoms with Gasteiger partial charge in [0.05, 0.1) is 9.86 Å². The van der Waals surface area contributed by atoms with Gasteiger partial charge in [0.15, 0.2) is 0 Å². The van der Waals surface area contributed by atoms with E-state index in [4.69, 9.17) is 5.26 Å². The van der Waals surface area contributed by atoms with Gasteiger partial charge in [0, 0.05) is 37.6 Å². The highest BCUT2D eigenvalue weighted by Crippen LogP contribution is 2.24. The summed E-state index contributed by atoms with van der Waals surface area (Å²) in [5.41, 5.74) is -0.335. The van der Waals surface area contributed by atoms with Gasteiger partial charge in [-0.25, -0.2) is 0 Å². The van der Waals surface area contributed by atoms with Crippen LogP contribution in [0.15, 0.2) is 15.9 Å². The number of hydrogen-bond donors (Lipinski definition) is 0. The molecule has 1 aromatic rings. The fourth-order valence-corrected chi connectivity index (χ4v) is 3.72. The van der Waals surface area contributed by atoms with Crippen molar-refractivity contribution in [1.82, 2.24) is 9.80 Å². The fourth-order valence-electron chi connectivity index (χ4n) is 2.19. The first-order valence-electron chi connectivity index (χ1n) is 6.14. The van der Waals surface area contributed by atoms with E-state index >= 15 is 0 Å². The second-order valence-electron chi connectivity index (χ2n) is 5.14. The minimum atomic E-state index is -0.335. The molecule has 2 rings (SSSR count). The van der Waals surface area contributed by atoms with E-state index in [2.05, 4.69) is 43.9 Å². The molecule has 5 heteroatoms. The first-order chi connectivity index (χ1) is 8.51. The average Bonchev–Trinajstić information content (AvgIpc) is 2.75. The minimum absolute atomic E-state index is 0.335. The van der Waals surface area contributed by atoms with Crippen LogP contribution >= 0.6 is 27.3 Å². The molecule has 0 atom stereocenters. The van der Waals surface area contributed by atoms with Crippen molar-refractivity contribution in [2.24, 2.45) is 0 Å². The maximum absolute atomic E-state index is 9.14. The molecule has 1 aliphatic heterocycles. The number of halogens is 1. The zero-order chi connectivity index (χ0) is 13.2. The van der Waals surface area contributed by atoms with Crippen LogP contribution in [0.3, 0.4) is 0 Å². The van der Waals surface area contributed by atoms with Crippen molar-refractivity contribution < 1.29 is 0 Å². The highest BCUT2D eigenvalue weighted by atomic mass is 79.9. The highest BCUT2D eigenvalue weighted by molar-refractivity contribution is 9.11. The van der Waals surface area contributed by atoms with Crippen molar-refractivity contribution in [3.05, 3.63) is 20.8 Å². The highest BCUT2D eigenvalue weighted by Gasteiger charge is 2.29. The van der Waals surface area contributed by atoms with Crippen molar-refractivity contribution >= 4 is 27.3 Å². The van der Waals surface area contributed by atoms with Crippen LogP contribution in [0, 0.1) is 11.3 Å². The Morgan fingerprint density at radius 1 is 1.33 bits per heavy atom. The van der Waals surface area contributed by atoms with E-state index < -0.39 is 0 Å². The maximum atomic E-state index is 9.14. The average molecular weight is 328 g/mol. The third kappa shape index (κ3) is 3.33. The number of nitriles is 1. The van der Waals surface area contributed by atoms with Crippen LogP contribution < -0.4 is 0 Å². The molecular weight excluding hydrogens is 310 g/mol. The molecule has 0 aromatic carbocycles. The van der Waals surface area contributed by atoms with E-state index in [9.17, 15) is 0 Å². The molecule has 18 heavy (non-hydrogen) atoms. The van der Waals surface area contributed by atoms with Crippen LogP contribution in [0.5, 0.6) is 0 Å². The van der Waals surface area contributed by atoms with E-state index in [1.807, 2.05) is 13.8 Å². The van der Waals surface area contributed by atoms with Crippen molar-refractivity contribution in [2.75, 3.05) is 26.2 Å². The maximum Gasteiger partial charge on any atom is 0.103 e. The summed E-state index contributed by atoms with van der Waals surface area (Å²) in [7, 11) is 0. The predicted molar refractivity (Wildman–Crippen MR) is 78.6 cm³/mol. The van der Waals surface area contributed by atoms with E-state index in [0.29, 0.717) is 0 Å². The number of rotatable bonds is 3. The van der Waals surface area contributed by atoms with E-state index in [0.717, 1.165) is 32.7 Å². The summed E-state index contributed by atoms with van der Waals surface area (Å²) in [6, 6.07) is 6.67. The molecule has 0 amide bonds. The molecule has 98 valence electrons. The predicted octanol–water partition coefficient (Wildman–Crippen LogP) is 2.93. The zero-order valence-corrected chi connectivity index (χ0v) is 13.2. The molecule has 1 aromatic heterocycles. The fraction of sp³-hybridized carbons (Fsp3) is 0.615. The minimum Gasteiger partial charge on any atom is -0.296 e. The Balaban J connectivity index is 1.86. The van der Waals surface area contributed by atoms with Gasteiger partial charge in [-0.2, -0.15) is 5.26 Å². The molecule has 1 aliphatic rings. The molecular formula is C13H18BrN3S. The molecule has 0 bridgehead atoms. The van der Waals surface area contributed by atoms with Crippen LogP contribution in [0.25, 0.3) is 0 Å². The number of nitrogens with zero attached hydrogens (tertiary/aromatic N) is 3. The van der Waals surface area contributed by atoms with Gasteiger partial charge in [-0.3, -0.25) is 9.80 Å². The Morgan fingerprint density at radius 2 is 2.00 bits per heavy atom. The van der Waals surface area contributed by atoms with Gasteiger partial charge in [0.2, 0.25) is 0 Å². The zero-order valence-electron chi connectivity index (χ0n) is 10.8. The summed E-state index contributed by atoms with van der Waals surface area (Å²) >= 11 is 5.30. The Labute approximate surface area is 121 Å². The van der Waals surface area contributed by atoms with Crippen molar-refractivity contribution in [3.63, 3.8) is 0 Å². The largest absolute Gasteiger partial charge is 0.296 e. The molecule has 0 radical (unpaired) electrons. The first-order valence-corrected chi connectivity index (χ1v) is 7.75. The number of hydrogen-bond acceptors (Lipinski definition) is 4. The lowest BCUT2D eigenvalue weighted by atomic mass is 10.0. The van der Waals surface area contributed by atoms with E-state index in [1.54, 1.807) is 11.3 Å². The second kappa shape index (κ2) is 5.70. The topological polar surface area (TPSA) is 30.3 Å². The molecule has 1 saturated heterocycles. The Hall–Kier alpha value is -0.410. The quantitative estimate of drug-likeness (QED) is 0.855. The van der Waals surface area contributed by atoms with Crippen LogP contribution in [0.1, 0.15) is 18.7 Å². The Kier molecular flexibility index (Phi) is 4.44. The lowest BCUT2D eigenvalue weighted by molar-refractivity contribution is 0.0769. The van der Waals surface area contributed by atoms with Crippen molar-refractivity contribution in [1.29, 1.82) is 5.26 Å². The van der Waals surface area contributed by atoms with Gasteiger partial charge >= 0.3 is 0 Å². The standard InChI is InChI=1S/C13H18BrN3S/c1-13(2,10-15)17-7-5-16(6-8-17)9-11-3-4-12(14)18-11/h3-4H,5-9H2,1-2H3. The Morgan fingerprint density at radius 3 is 2.50 bits per heavy atom. The van der Waals surface area contributed by atoms with Crippen molar-refractivity contribution in [2.45, 2.75) is 25.9 Å². The van der Waals surface area contributed by atoms with Crippen LogP contribution in [-0.4, -0.2) is 41.5 Å². The van der Waals surface area contributed by atoms with Gasteiger partial charge in [-0.1, -0.05) is 0 Å². The van der Waals surface area contributed by atoms with Crippen LogP contribution in [0.2, 0.25) is 0 Å². The molecule has 0 saturated carbocycles. The molecule has 2 heterocycles. The summed E-state index contributed by atoms with van der Waals surface area (Å²) < 4.78 is 1.20. The molecule has 3 nitrogen and oxygen atoms in total. The summed E-state index contributed by atoms with van der Waals surface area (Å²) in [6.45, 7) is 9.07. The molecule has 1 fully saturated rings. The monoisotopic (exact) mass is 327 g/mol. The lowest BCUT2D eigenvalue weighted by Gasteiger charge is -2.40. The summed E-state index contributed by atoms with van der Waals surface area (Å²) in [5, 5.41) is 9.14. The molecule has 0 aliphatic carbocycles. The van der Waals surface area contributed by atoms with Gasteiger partial charge in [0.1, 0.15) is 5.54 Å². The van der Waals surface area contributed by atoms with Gasteiger partial charge in [-0.15, -0.1) is 11.3 Å². The molecule has 0 N–H and O–H groups in total. The summed E-state index contributed by atoms with van der Waals surface area (Å²) in [6.07, 6.45) is 0. The first kappa shape index (κ1) is 14.0. The molecule has 0 spiro atoms. The van der Waals surface area contributed by atoms with E-state index in [-0.39, 0.29) is 5.54 Å². The van der Waals surface area contributed by atoms with Gasteiger partial charge in [0.25, 0.3) is 0 Å². The smallest absolute Gasteiger partial charge is 0.103 e. The van der Waals surface area contributed by atoms with Crippen molar-refractivity contribution in [3.8, 4) is 6.07 Å².